The van der Waals surface area contributed by atoms with Gasteiger partial charge in [0.15, 0.2) is 11.6 Å². The quantitative estimate of drug-likeness (QED) is 0.0690. The molecule has 1 aromatic heterocycles. The molecule has 3 heterocycles. The minimum absolute atomic E-state index is 0.00269. The molecule has 3 unspecified atom stereocenters. The highest BCUT2D eigenvalue weighted by Gasteiger charge is 2.41. The number of aryl methyl sites for hydroxylation is 2. The zero-order valence-electron chi connectivity index (χ0n) is 41.7. The fourth-order valence-electron chi connectivity index (χ4n) is 10.8. The zero-order chi connectivity index (χ0) is 52.8. The number of carbonyl (C=O) groups is 6. The van der Waals surface area contributed by atoms with Crippen molar-refractivity contribution in [1.29, 1.82) is 0 Å². The van der Waals surface area contributed by atoms with Crippen molar-refractivity contribution < 1.29 is 47.8 Å². The Morgan fingerprint density at radius 3 is 1.93 bits per heavy atom. The van der Waals surface area contributed by atoms with E-state index < -0.39 is 78.3 Å². The van der Waals surface area contributed by atoms with Crippen LogP contribution in [0.1, 0.15) is 120 Å². The number of aromatic nitrogens is 1. The summed E-state index contributed by atoms with van der Waals surface area (Å²) in [6, 6.07) is 28.0. The Morgan fingerprint density at radius 2 is 1.27 bits per heavy atom. The Balaban J connectivity index is 1.06. The van der Waals surface area contributed by atoms with Gasteiger partial charge in [0.25, 0.3) is 0 Å². The van der Waals surface area contributed by atoms with Crippen LogP contribution in [0.15, 0.2) is 128 Å². The van der Waals surface area contributed by atoms with E-state index in [1.807, 2.05) is 82.3 Å². The van der Waals surface area contributed by atoms with Crippen LogP contribution >= 0.6 is 0 Å². The van der Waals surface area contributed by atoms with Gasteiger partial charge in [0.1, 0.15) is 12.1 Å². The van der Waals surface area contributed by atoms with Gasteiger partial charge < -0.3 is 30.6 Å². The van der Waals surface area contributed by atoms with Crippen LogP contribution in [0.4, 0.5) is 8.78 Å². The first kappa shape index (κ1) is 52.3. The van der Waals surface area contributed by atoms with E-state index in [-0.39, 0.29) is 36.3 Å². The van der Waals surface area contributed by atoms with E-state index in [0.29, 0.717) is 35.2 Å². The van der Waals surface area contributed by atoms with Gasteiger partial charge in [0, 0.05) is 43.9 Å². The van der Waals surface area contributed by atoms with Crippen molar-refractivity contribution in [3.05, 3.63) is 184 Å². The molecule has 4 amide bonds. The summed E-state index contributed by atoms with van der Waals surface area (Å²) in [4.78, 5) is 88.7. The molecule has 4 N–H and O–H groups in total. The summed E-state index contributed by atoms with van der Waals surface area (Å²) in [7, 11) is 0. The SMILES string of the molecule is Cc1cccc(C)c1-c1cncc([C@H](CC(=O)O)NC(=O)[C@H](c2ccc(F)c(F)c2)N2CC(C)C(c3cccc(-c4cccc([C@H](CC(=O)O)NC(=O)C(c5ccccc5)N5CCCCC5=O)c4)c3C)CC2=O)c1. The molecular weight excluding hydrogens is 945 g/mol. The Morgan fingerprint density at radius 1 is 0.649 bits per heavy atom. The van der Waals surface area contributed by atoms with Crippen LogP contribution in [-0.2, 0) is 28.8 Å². The highest BCUT2D eigenvalue weighted by Crippen LogP contribution is 2.42. The van der Waals surface area contributed by atoms with Gasteiger partial charge in [0.2, 0.25) is 23.6 Å². The molecule has 0 radical (unpaired) electrons. The number of amides is 4. The van der Waals surface area contributed by atoms with E-state index >= 15 is 4.39 Å². The third kappa shape index (κ3) is 11.6. The van der Waals surface area contributed by atoms with Crippen molar-refractivity contribution in [3.8, 4) is 22.3 Å². The standard InChI is InChI=1S/C59H59F2N5O8/c1-34-13-10-14-35(2)55(34)43-26-42(31-62-32-43)50(30-54(71)72)64-59(74)57(41-22-23-47(60)48(61)27-41)66-33-36(3)46(28-52(66)68)45-20-12-19-44(37(45)4)39-17-11-18-40(25-39)49(29-53(69)70)63-58(73)56(38-15-6-5-7-16-38)65-24-9-8-21-51(65)67/h5-7,10-20,22-23,25-27,31-32,36,46,49-50,56-57H,8-9,21,24,28-30,33H2,1-4H3,(H,63,73)(H,64,74)(H,69,70)(H,71,72)/t36?,46?,49-,50-,56?,57-/m0/s1. The summed E-state index contributed by atoms with van der Waals surface area (Å²) in [6.07, 6.45) is 3.88. The number of hydrogen-bond acceptors (Lipinski definition) is 7. The predicted molar refractivity (Wildman–Crippen MR) is 274 cm³/mol. The van der Waals surface area contributed by atoms with Gasteiger partial charge in [-0.3, -0.25) is 33.8 Å². The van der Waals surface area contributed by atoms with E-state index in [9.17, 15) is 43.4 Å². The summed E-state index contributed by atoms with van der Waals surface area (Å²) >= 11 is 0. The van der Waals surface area contributed by atoms with Crippen LogP contribution in [0.3, 0.4) is 0 Å². The third-order valence-electron chi connectivity index (χ3n) is 14.4. The number of likely N-dealkylation sites (tertiary alicyclic amines) is 2. The number of aliphatic carboxylic acids is 2. The fraction of sp³-hybridized carbons (Fsp3) is 0.305. The Bertz CT molecular complexity index is 3090. The number of pyridine rings is 1. The average Bonchev–Trinajstić information content (AvgIpc) is 3.37. The van der Waals surface area contributed by atoms with Crippen LogP contribution in [0.25, 0.3) is 22.3 Å². The second kappa shape index (κ2) is 22.8. The van der Waals surface area contributed by atoms with Gasteiger partial charge in [0.05, 0.1) is 24.9 Å². The van der Waals surface area contributed by atoms with Crippen LogP contribution in [0, 0.1) is 38.3 Å². The lowest BCUT2D eigenvalue weighted by Crippen LogP contribution is -2.50. The monoisotopic (exact) mass is 1000 g/mol. The number of piperidine rings is 2. The molecular formula is C59H59F2N5O8. The maximum atomic E-state index is 15.0. The molecule has 0 spiro atoms. The summed E-state index contributed by atoms with van der Waals surface area (Å²) in [5.41, 5.74) is 8.34. The molecule has 5 aromatic carbocycles. The average molecular weight is 1000 g/mol. The highest BCUT2D eigenvalue weighted by atomic mass is 19.2. The van der Waals surface area contributed by atoms with Gasteiger partial charge >= 0.3 is 11.9 Å². The summed E-state index contributed by atoms with van der Waals surface area (Å²) < 4.78 is 29.5. The van der Waals surface area contributed by atoms with Gasteiger partial charge in [-0.15, -0.1) is 0 Å². The third-order valence-corrected chi connectivity index (χ3v) is 14.4. The highest BCUT2D eigenvalue weighted by molar-refractivity contribution is 5.91. The molecule has 13 nitrogen and oxygen atoms in total. The van der Waals surface area contributed by atoms with Crippen LogP contribution < -0.4 is 10.6 Å². The fourth-order valence-corrected chi connectivity index (χ4v) is 10.8. The number of carboxylic acid groups (broad SMARTS) is 2. The summed E-state index contributed by atoms with van der Waals surface area (Å²) in [5, 5.41) is 26.0. The minimum atomic E-state index is -1.47. The van der Waals surface area contributed by atoms with Gasteiger partial charge in [-0.1, -0.05) is 97.9 Å². The molecule has 6 atom stereocenters. The number of carbonyl (C=O) groups excluding carboxylic acids is 4. The first-order chi connectivity index (χ1) is 35.5. The molecule has 2 fully saturated rings. The van der Waals surface area contributed by atoms with E-state index in [1.165, 1.54) is 17.2 Å². The van der Waals surface area contributed by atoms with Crippen LogP contribution in [0.2, 0.25) is 0 Å². The molecule has 0 saturated carbocycles. The number of hydrogen-bond donors (Lipinski definition) is 4. The smallest absolute Gasteiger partial charge is 0.305 e. The van der Waals surface area contributed by atoms with E-state index in [2.05, 4.69) is 15.6 Å². The van der Waals surface area contributed by atoms with Crippen molar-refractivity contribution in [3.63, 3.8) is 0 Å². The van der Waals surface area contributed by atoms with E-state index in [1.54, 1.807) is 53.6 Å². The topological polar surface area (TPSA) is 186 Å². The Labute approximate surface area is 428 Å². The number of rotatable bonds is 17. The van der Waals surface area contributed by atoms with E-state index in [4.69, 9.17) is 0 Å². The second-order valence-electron chi connectivity index (χ2n) is 19.5. The Kier molecular flexibility index (Phi) is 16.1. The lowest BCUT2D eigenvalue weighted by Gasteiger charge is -2.41. The normalized spacial score (nSPS) is 17.5. The first-order valence-electron chi connectivity index (χ1n) is 24.8. The van der Waals surface area contributed by atoms with Crippen molar-refractivity contribution in [1.82, 2.24) is 25.4 Å². The summed E-state index contributed by atoms with van der Waals surface area (Å²) in [5.74, 6) is -7.22. The van der Waals surface area contributed by atoms with Crippen molar-refractivity contribution >= 4 is 35.6 Å². The molecule has 2 aliphatic rings. The van der Waals surface area contributed by atoms with Gasteiger partial charge in [-0.2, -0.15) is 0 Å². The lowest BCUT2D eigenvalue weighted by molar-refractivity contribution is -0.145. The van der Waals surface area contributed by atoms with Gasteiger partial charge in [-0.25, -0.2) is 8.78 Å². The van der Waals surface area contributed by atoms with Crippen LogP contribution in [0.5, 0.6) is 0 Å². The maximum Gasteiger partial charge on any atom is 0.305 e. The van der Waals surface area contributed by atoms with Crippen molar-refractivity contribution in [2.24, 2.45) is 5.92 Å². The number of carboxylic acids is 2. The molecule has 0 bridgehead atoms. The van der Waals surface area contributed by atoms with Crippen LogP contribution in [-0.4, -0.2) is 73.7 Å². The maximum absolute atomic E-state index is 15.0. The van der Waals surface area contributed by atoms with E-state index in [0.717, 1.165) is 63.9 Å². The molecule has 15 heteroatoms. The molecule has 2 saturated heterocycles. The minimum Gasteiger partial charge on any atom is -0.481 e. The zero-order valence-corrected chi connectivity index (χ0v) is 41.7. The molecule has 382 valence electrons. The molecule has 6 aromatic rings. The number of halogens is 2. The first-order valence-corrected chi connectivity index (χ1v) is 24.8. The number of nitrogens with zero attached hydrogens (tertiary/aromatic N) is 3. The predicted octanol–water partition coefficient (Wildman–Crippen LogP) is 10.0. The number of benzene rings is 5. The van der Waals surface area contributed by atoms with Gasteiger partial charge in [-0.05, 0) is 131 Å². The summed E-state index contributed by atoms with van der Waals surface area (Å²) in [6.45, 7) is 8.19. The molecule has 74 heavy (non-hydrogen) atoms. The van der Waals surface area contributed by atoms with Crippen molar-refractivity contribution in [2.75, 3.05) is 13.1 Å². The largest absolute Gasteiger partial charge is 0.481 e. The molecule has 2 aliphatic heterocycles. The second-order valence-corrected chi connectivity index (χ2v) is 19.5. The molecule has 0 aliphatic carbocycles. The lowest BCUT2D eigenvalue weighted by atomic mass is 9.77. The Hall–Kier alpha value is -8.07. The molecule has 8 rings (SSSR count). The number of nitrogens with one attached hydrogen (secondary N) is 2. The van der Waals surface area contributed by atoms with Crippen molar-refractivity contribution in [2.45, 2.75) is 96.3 Å².